The van der Waals surface area contributed by atoms with E-state index in [4.69, 9.17) is 26.2 Å². The molecule has 12 heteroatoms. The number of halogens is 4. The molecule has 3 heterocycles. The Morgan fingerprint density at radius 2 is 1.77 bits per heavy atom. The summed E-state index contributed by atoms with van der Waals surface area (Å²) in [7, 11) is 0. The fraction of sp³-hybridized carbons (Fsp3) is 0.344. The van der Waals surface area contributed by atoms with Crippen LogP contribution in [-0.2, 0) is 17.0 Å². The van der Waals surface area contributed by atoms with E-state index in [-0.39, 0.29) is 11.0 Å². The number of nitrogens with zero attached hydrogens (tertiary/aromatic N) is 2. The van der Waals surface area contributed by atoms with Gasteiger partial charge in [0.15, 0.2) is 0 Å². The summed E-state index contributed by atoms with van der Waals surface area (Å²) in [6.07, 6.45) is 0.211. The largest absolute Gasteiger partial charge is 0.490 e. The highest BCUT2D eigenvalue weighted by atomic mass is 35.5. The first kappa shape index (κ1) is 33.0. The topological polar surface area (TPSA) is 120 Å². The van der Waals surface area contributed by atoms with Gasteiger partial charge in [0.05, 0.1) is 16.9 Å². The highest BCUT2D eigenvalue weighted by Crippen LogP contribution is 2.46. The lowest BCUT2D eigenvalue weighted by atomic mass is 9.66. The number of likely N-dealkylation sites (tertiary alicyclic amines) is 1. The Balaban J connectivity index is 0.000000566. The minimum absolute atomic E-state index is 0.222. The highest BCUT2D eigenvalue weighted by Gasteiger charge is 2.48. The second-order valence-corrected chi connectivity index (χ2v) is 11.7. The van der Waals surface area contributed by atoms with Gasteiger partial charge in [-0.3, -0.25) is 4.98 Å². The predicted octanol–water partition coefficient (Wildman–Crippen LogP) is 6.40. The molecule has 1 fully saturated rings. The molecule has 1 atom stereocenters. The normalized spacial score (nSPS) is 20.3. The van der Waals surface area contributed by atoms with Crippen LogP contribution in [0.3, 0.4) is 0 Å². The van der Waals surface area contributed by atoms with E-state index in [1.807, 2.05) is 36.4 Å². The monoisotopic (exact) mass is 632 g/mol. The number of aromatic nitrogens is 1. The van der Waals surface area contributed by atoms with Crippen LogP contribution in [0.2, 0.25) is 5.02 Å². The number of hydrogen-bond donors (Lipinski definition) is 3. The minimum Gasteiger partial charge on any atom is -0.487 e. The van der Waals surface area contributed by atoms with E-state index < -0.39 is 23.7 Å². The zero-order valence-electron chi connectivity index (χ0n) is 24.1. The molecule has 1 saturated heterocycles. The van der Waals surface area contributed by atoms with Crippen LogP contribution in [0.4, 0.5) is 13.2 Å². The molecule has 2 aliphatic heterocycles. The number of benzene rings is 2. The summed E-state index contributed by atoms with van der Waals surface area (Å²) < 4.78 is 37.7. The molecule has 0 radical (unpaired) electrons. The molecule has 8 nitrogen and oxygen atoms in total. The Bertz CT molecular complexity index is 1560. The van der Waals surface area contributed by atoms with Crippen molar-refractivity contribution in [2.24, 2.45) is 5.41 Å². The van der Waals surface area contributed by atoms with E-state index in [0.717, 1.165) is 54.0 Å². The number of aliphatic hydroxyl groups is 1. The van der Waals surface area contributed by atoms with Crippen LogP contribution in [0, 0.1) is 5.41 Å². The molecule has 5 rings (SSSR count). The Hall–Kier alpha value is -3.93. The van der Waals surface area contributed by atoms with Gasteiger partial charge in [-0.1, -0.05) is 49.7 Å². The summed E-state index contributed by atoms with van der Waals surface area (Å²) in [5.74, 6) is -3.07. The van der Waals surface area contributed by atoms with Crippen molar-refractivity contribution in [3.05, 3.63) is 99.8 Å². The summed E-state index contributed by atoms with van der Waals surface area (Å²) in [5.41, 5.74) is 3.32. The van der Waals surface area contributed by atoms with Crippen molar-refractivity contribution in [1.82, 2.24) is 9.88 Å². The third-order valence-corrected chi connectivity index (χ3v) is 8.20. The Morgan fingerprint density at radius 1 is 1.09 bits per heavy atom. The summed E-state index contributed by atoms with van der Waals surface area (Å²) in [5, 5.41) is 29.0. The average Bonchev–Trinajstić information content (AvgIpc) is 3.11. The van der Waals surface area contributed by atoms with Gasteiger partial charge in [-0.2, -0.15) is 13.2 Å². The molecule has 2 aliphatic rings. The lowest BCUT2D eigenvalue weighted by Gasteiger charge is -2.50. The number of aliphatic carboxylic acids is 1. The number of aromatic carboxylic acids is 1. The van der Waals surface area contributed by atoms with E-state index in [1.165, 1.54) is 0 Å². The van der Waals surface area contributed by atoms with Crippen LogP contribution in [0.1, 0.15) is 59.4 Å². The number of alkyl halides is 3. The van der Waals surface area contributed by atoms with Crippen molar-refractivity contribution in [2.75, 3.05) is 19.6 Å². The average molecular weight is 633 g/mol. The first-order chi connectivity index (χ1) is 20.6. The first-order valence-corrected chi connectivity index (χ1v) is 14.2. The summed E-state index contributed by atoms with van der Waals surface area (Å²) in [6, 6.07) is 16.4. The standard InChI is InChI=1S/C30H31ClN2O4.C2HF3O2/c1-29(2)19-33(16-13-30(29,36)21-8-10-22(31)11-9-21)15-4-6-23-24-5-3-14-32-26(24)18-37-27-12-7-20(28(34)35)17-25(23)27;3-2(4,5)1(6)7/h3,5-12,14,17,36H,4,13,15-16,18-19H2,1-2H3,(H,34,35);(H,6,7). The number of rotatable bonds is 5. The van der Waals surface area contributed by atoms with Gasteiger partial charge in [0.2, 0.25) is 0 Å². The third kappa shape index (κ3) is 7.23. The van der Waals surface area contributed by atoms with E-state index in [0.29, 0.717) is 23.8 Å². The smallest absolute Gasteiger partial charge is 0.487 e. The Kier molecular flexibility index (Phi) is 9.72. The number of piperidine rings is 1. The zero-order chi connectivity index (χ0) is 32.3. The Morgan fingerprint density at radius 3 is 2.39 bits per heavy atom. The molecule has 2 aromatic carbocycles. The van der Waals surface area contributed by atoms with Crippen LogP contribution in [0.25, 0.3) is 5.57 Å². The first-order valence-electron chi connectivity index (χ1n) is 13.8. The van der Waals surface area contributed by atoms with Gasteiger partial charge < -0.3 is 25.0 Å². The number of pyridine rings is 1. The summed E-state index contributed by atoms with van der Waals surface area (Å²) in [4.78, 5) is 27.5. The molecule has 1 unspecified atom stereocenters. The van der Waals surface area contributed by atoms with Crippen LogP contribution in [-0.4, -0.2) is 63.0 Å². The molecule has 234 valence electrons. The van der Waals surface area contributed by atoms with Crippen LogP contribution >= 0.6 is 11.6 Å². The highest BCUT2D eigenvalue weighted by molar-refractivity contribution is 6.30. The molecule has 0 saturated carbocycles. The molecule has 0 amide bonds. The van der Waals surface area contributed by atoms with Crippen molar-refractivity contribution < 1.29 is 42.8 Å². The molecule has 1 aromatic heterocycles. The number of hydrogen-bond acceptors (Lipinski definition) is 6. The predicted molar refractivity (Wildman–Crippen MR) is 158 cm³/mol. The number of ether oxygens (including phenoxy) is 1. The second kappa shape index (κ2) is 13.0. The van der Waals surface area contributed by atoms with E-state index in [1.54, 1.807) is 24.4 Å². The second-order valence-electron chi connectivity index (χ2n) is 11.3. The van der Waals surface area contributed by atoms with Crippen molar-refractivity contribution in [2.45, 2.75) is 45.1 Å². The van der Waals surface area contributed by atoms with Crippen molar-refractivity contribution >= 4 is 29.1 Å². The molecular formula is C32H32ClF3N2O6. The van der Waals surface area contributed by atoms with Gasteiger partial charge in [-0.05, 0) is 60.4 Å². The van der Waals surface area contributed by atoms with Crippen LogP contribution in [0.15, 0.2) is 66.9 Å². The SMILES string of the molecule is CC1(C)CN(CCC=C2c3cc(C(=O)O)ccc3OCc3ncccc32)CCC1(O)c1ccc(Cl)cc1.O=C(O)C(F)(F)F. The maximum absolute atomic E-state index is 11.7. The maximum atomic E-state index is 11.7. The van der Waals surface area contributed by atoms with Crippen molar-refractivity contribution in [3.8, 4) is 5.75 Å². The van der Waals surface area contributed by atoms with Gasteiger partial charge in [-0.15, -0.1) is 0 Å². The lowest BCUT2D eigenvalue weighted by molar-refractivity contribution is -0.192. The fourth-order valence-corrected chi connectivity index (χ4v) is 5.70. The molecule has 44 heavy (non-hydrogen) atoms. The molecular weight excluding hydrogens is 601 g/mol. The fourth-order valence-electron chi connectivity index (χ4n) is 5.58. The van der Waals surface area contributed by atoms with Crippen LogP contribution in [0.5, 0.6) is 5.75 Å². The number of carbonyl (C=O) groups is 2. The maximum Gasteiger partial charge on any atom is 0.490 e. The lowest BCUT2D eigenvalue weighted by Crippen LogP contribution is -2.55. The third-order valence-electron chi connectivity index (χ3n) is 7.95. The molecule has 0 bridgehead atoms. The summed E-state index contributed by atoms with van der Waals surface area (Å²) in [6.45, 7) is 6.88. The molecule has 3 aromatic rings. The minimum atomic E-state index is -5.08. The number of fused-ring (bicyclic) bond motifs is 2. The quantitative estimate of drug-likeness (QED) is 0.296. The van der Waals surface area contributed by atoms with Gasteiger partial charge in [0.1, 0.15) is 12.4 Å². The van der Waals surface area contributed by atoms with Gasteiger partial charge in [0.25, 0.3) is 0 Å². The van der Waals surface area contributed by atoms with E-state index in [9.17, 15) is 28.2 Å². The Labute approximate surface area is 257 Å². The molecule has 3 N–H and O–H groups in total. The molecule has 0 spiro atoms. The zero-order valence-corrected chi connectivity index (χ0v) is 24.8. The summed E-state index contributed by atoms with van der Waals surface area (Å²) >= 11 is 6.07. The molecule has 0 aliphatic carbocycles. The van der Waals surface area contributed by atoms with Gasteiger partial charge >= 0.3 is 18.1 Å². The van der Waals surface area contributed by atoms with Gasteiger partial charge in [0, 0.05) is 47.4 Å². The van der Waals surface area contributed by atoms with E-state index in [2.05, 4.69) is 29.8 Å². The van der Waals surface area contributed by atoms with E-state index >= 15 is 0 Å². The number of carboxylic acid groups (broad SMARTS) is 2. The van der Waals surface area contributed by atoms with Crippen molar-refractivity contribution in [3.63, 3.8) is 0 Å². The van der Waals surface area contributed by atoms with Gasteiger partial charge in [-0.25, -0.2) is 9.59 Å². The van der Waals surface area contributed by atoms with Crippen molar-refractivity contribution in [1.29, 1.82) is 0 Å². The van der Waals surface area contributed by atoms with Crippen LogP contribution < -0.4 is 4.74 Å². The number of carboxylic acids is 2.